The number of hydrogen-bond donors (Lipinski definition) is 3. The monoisotopic (exact) mass is 701 g/mol. The van der Waals surface area contributed by atoms with Crippen LogP contribution in [0.5, 0.6) is 11.5 Å². The molecule has 4 aromatic rings. The van der Waals surface area contributed by atoms with E-state index in [1.54, 1.807) is 71.1 Å². The smallest absolute Gasteiger partial charge is 0.408 e. The predicted octanol–water partition coefficient (Wildman–Crippen LogP) is 6.94. The van der Waals surface area contributed by atoms with Gasteiger partial charge in [0, 0.05) is 19.0 Å². The molecule has 0 fully saturated rings. The maximum atomic E-state index is 13.7. The molecule has 13 nitrogen and oxygen atoms in total. The van der Waals surface area contributed by atoms with Crippen LogP contribution in [0.2, 0.25) is 0 Å². The highest BCUT2D eigenvalue weighted by Gasteiger charge is 2.22. The van der Waals surface area contributed by atoms with Gasteiger partial charge in [-0.25, -0.2) is 9.78 Å². The zero-order valence-electron chi connectivity index (χ0n) is 30.3. The van der Waals surface area contributed by atoms with Crippen LogP contribution >= 0.6 is 0 Å². The number of nitrogens with one attached hydrogen (secondary N) is 3. The topological polar surface area (TPSA) is 161 Å². The van der Waals surface area contributed by atoms with Gasteiger partial charge in [0.25, 0.3) is 11.8 Å². The number of H-pyrrole nitrogens is 1. The van der Waals surface area contributed by atoms with Gasteiger partial charge in [0.15, 0.2) is 0 Å². The summed E-state index contributed by atoms with van der Waals surface area (Å²) in [6.07, 6.45) is 2.07. The summed E-state index contributed by atoms with van der Waals surface area (Å²) in [6.45, 7) is 9.95. The van der Waals surface area contributed by atoms with Crippen molar-refractivity contribution in [1.82, 2.24) is 15.3 Å². The molecule has 1 aromatic heterocycles. The number of benzene rings is 3. The lowest BCUT2D eigenvalue weighted by Crippen LogP contribution is -2.32. The summed E-state index contributed by atoms with van der Waals surface area (Å²) in [6, 6.07) is 15.6. The Labute approximate surface area is 298 Å². The van der Waals surface area contributed by atoms with Gasteiger partial charge in [0.2, 0.25) is 0 Å². The number of nitrogens with zero attached hydrogens (tertiary/aromatic N) is 2. The fraction of sp³-hybridized carbons (Fsp3) is 0.395. The van der Waals surface area contributed by atoms with E-state index in [4.69, 9.17) is 18.9 Å². The Morgan fingerprint density at radius 3 is 2.47 bits per heavy atom. The van der Waals surface area contributed by atoms with Gasteiger partial charge in [-0.05, 0) is 102 Å². The van der Waals surface area contributed by atoms with E-state index in [0.717, 1.165) is 18.4 Å². The summed E-state index contributed by atoms with van der Waals surface area (Å²) in [5.74, 6) is 0.387. The number of methoxy groups -OCH3 is 1. The molecule has 13 heteroatoms. The molecule has 51 heavy (non-hydrogen) atoms. The average molecular weight is 702 g/mol. The molecule has 0 aliphatic rings. The normalized spacial score (nSPS) is 11.1. The van der Waals surface area contributed by atoms with Crippen molar-refractivity contribution in [2.75, 3.05) is 37.6 Å². The fourth-order valence-electron chi connectivity index (χ4n) is 5.22. The molecule has 3 aromatic carbocycles. The number of hydrogen-bond acceptors (Lipinski definition) is 9. The van der Waals surface area contributed by atoms with Crippen molar-refractivity contribution in [2.45, 2.75) is 72.4 Å². The molecule has 4 rings (SSSR count). The number of carbonyl (C=O) groups excluding carboxylic acids is 4. The highest BCUT2D eigenvalue weighted by molar-refractivity contribution is 6.12. The van der Waals surface area contributed by atoms with Crippen LogP contribution in [0, 0.1) is 6.92 Å². The first-order chi connectivity index (χ1) is 24.3. The van der Waals surface area contributed by atoms with Crippen LogP contribution in [0.15, 0.2) is 54.6 Å². The molecular formula is C38H47N5O8. The minimum Gasteiger partial charge on any atom is -0.495 e. The van der Waals surface area contributed by atoms with Crippen molar-refractivity contribution in [3.05, 3.63) is 77.1 Å². The highest BCUT2D eigenvalue weighted by atomic mass is 16.6. The van der Waals surface area contributed by atoms with Crippen LogP contribution in [0.1, 0.15) is 85.5 Å². The summed E-state index contributed by atoms with van der Waals surface area (Å²) in [4.78, 5) is 60.0. The third kappa shape index (κ3) is 10.7. The number of aromatic amines is 1. The molecule has 0 bridgehead atoms. The van der Waals surface area contributed by atoms with Crippen LogP contribution in [-0.2, 0) is 20.8 Å². The van der Waals surface area contributed by atoms with Crippen molar-refractivity contribution in [1.29, 1.82) is 0 Å². The van der Waals surface area contributed by atoms with E-state index in [9.17, 15) is 19.2 Å². The molecule has 272 valence electrons. The predicted molar refractivity (Wildman–Crippen MR) is 195 cm³/mol. The molecule has 0 atom stereocenters. The van der Waals surface area contributed by atoms with Gasteiger partial charge in [-0.3, -0.25) is 14.4 Å². The summed E-state index contributed by atoms with van der Waals surface area (Å²) in [7, 11) is 3.13. The molecule has 0 saturated heterocycles. The Morgan fingerprint density at radius 1 is 0.961 bits per heavy atom. The zero-order chi connectivity index (χ0) is 37.1. The van der Waals surface area contributed by atoms with Gasteiger partial charge in [-0.1, -0.05) is 12.1 Å². The maximum Gasteiger partial charge on any atom is 0.408 e. The third-order valence-electron chi connectivity index (χ3n) is 7.67. The Kier molecular flexibility index (Phi) is 13.0. The van der Waals surface area contributed by atoms with E-state index in [1.165, 1.54) is 12.0 Å². The minimum atomic E-state index is -0.638. The average Bonchev–Trinajstić information content (AvgIpc) is 3.51. The van der Waals surface area contributed by atoms with Gasteiger partial charge >= 0.3 is 12.1 Å². The molecule has 0 aliphatic carbocycles. The largest absolute Gasteiger partial charge is 0.495 e. The number of carbonyl (C=O) groups is 4. The molecule has 3 amide bonds. The molecule has 0 spiro atoms. The standard InChI is InChI=1S/C38H47N5O8/c1-8-49-33(44)15-10-9-11-20-50-31-21-24(2)16-19-29(31)43(6)36(46)25-17-18-27(30(22-25)48-7)41-35(45)26-13-12-14-28-34(26)42-32(40-28)23-39-37(47)51-38(3,4)5/h12-14,16-19,21-22H,8-11,15,20,23H2,1-7H3,(H,39,47)(H,40,42)(H,41,45). The third-order valence-corrected chi connectivity index (χ3v) is 7.67. The van der Waals surface area contributed by atoms with Crippen LogP contribution in [0.4, 0.5) is 16.2 Å². The fourth-order valence-corrected chi connectivity index (χ4v) is 5.22. The van der Waals surface area contributed by atoms with Crippen molar-refractivity contribution in [3.63, 3.8) is 0 Å². The van der Waals surface area contributed by atoms with Gasteiger partial charge in [-0.2, -0.15) is 0 Å². The molecule has 0 unspecified atom stereocenters. The van der Waals surface area contributed by atoms with Crippen molar-refractivity contribution in [3.8, 4) is 11.5 Å². The molecule has 0 aliphatic heterocycles. The number of aromatic nitrogens is 2. The van der Waals surface area contributed by atoms with Crippen molar-refractivity contribution >= 4 is 46.3 Å². The van der Waals surface area contributed by atoms with Gasteiger partial charge in [-0.15, -0.1) is 0 Å². The second-order valence-corrected chi connectivity index (χ2v) is 12.9. The summed E-state index contributed by atoms with van der Waals surface area (Å²) in [5.41, 5.74) is 3.00. The highest BCUT2D eigenvalue weighted by Crippen LogP contribution is 2.32. The van der Waals surface area contributed by atoms with Crippen molar-refractivity contribution < 1.29 is 38.1 Å². The second kappa shape index (κ2) is 17.4. The SMILES string of the molecule is CCOC(=O)CCCCCOc1cc(C)ccc1N(C)C(=O)c1ccc(NC(=O)c2cccc3[nH]c(CNC(=O)OC(C)(C)C)nc23)c(OC)c1. The minimum absolute atomic E-state index is 0.0805. The van der Waals surface area contributed by atoms with E-state index in [2.05, 4.69) is 20.6 Å². The first kappa shape index (κ1) is 38.2. The number of ether oxygens (including phenoxy) is 4. The van der Waals surface area contributed by atoms with E-state index >= 15 is 0 Å². The number of esters is 1. The Hall–Kier alpha value is -5.59. The number of aryl methyl sites for hydroxylation is 1. The Balaban J connectivity index is 1.43. The summed E-state index contributed by atoms with van der Waals surface area (Å²) >= 11 is 0. The number of unbranched alkanes of at least 4 members (excludes halogenated alkanes) is 2. The Bertz CT molecular complexity index is 1860. The Morgan fingerprint density at radius 2 is 1.75 bits per heavy atom. The number of imidazole rings is 1. The number of rotatable bonds is 15. The number of amides is 3. The van der Waals surface area contributed by atoms with Crippen LogP contribution in [0.25, 0.3) is 11.0 Å². The summed E-state index contributed by atoms with van der Waals surface area (Å²) in [5, 5.41) is 5.53. The quantitative estimate of drug-likeness (QED) is 0.0881. The van der Waals surface area contributed by atoms with Crippen molar-refractivity contribution in [2.24, 2.45) is 0 Å². The zero-order valence-corrected chi connectivity index (χ0v) is 30.3. The molecule has 1 heterocycles. The van der Waals surface area contributed by atoms with Crippen LogP contribution in [-0.4, -0.2) is 66.8 Å². The van der Waals surface area contributed by atoms with Gasteiger partial charge in [0.1, 0.15) is 28.4 Å². The molecule has 0 saturated carbocycles. The van der Waals surface area contributed by atoms with Gasteiger partial charge in [0.05, 0.1) is 49.3 Å². The lowest BCUT2D eigenvalue weighted by atomic mass is 10.1. The lowest BCUT2D eigenvalue weighted by molar-refractivity contribution is -0.143. The second-order valence-electron chi connectivity index (χ2n) is 12.9. The molecule has 3 N–H and O–H groups in total. The number of para-hydroxylation sites is 1. The maximum absolute atomic E-state index is 13.7. The molecular weight excluding hydrogens is 654 g/mol. The van der Waals surface area contributed by atoms with E-state index in [1.807, 2.05) is 25.1 Å². The first-order valence-electron chi connectivity index (χ1n) is 16.9. The van der Waals surface area contributed by atoms with Gasteiger partial charge < -0.3 is 39.5 Å². The number of fused-ring (bicyclic) bond motifs is 1. The first-order valence-corrected chi connectivity index (χ1v) is 16.9. The number of anilines is 2. The van der Waals surface area contributed by atoms with Crippen LogP contribution < -0.4 is 25.0 Å². The number of alkyl carbamates (subject to hydrolysis) is 1. The van der Waals surface area contributed by atoms with E-state index < -0.39 is 17.6 Å². The van der Waals surface area contributed by atoms with Crippen LogP contribution in [0.3, 0.4) is 0 Å². The molecule has 0 radical (unpaired) electrons. The van der Waals surface area contributed by atoms with E-state index in [-0.39, 0.29) is 18.4 Å². The van der Waals surface area contributed by atoms with E-state index in [0.29, 0.717) is 76.9 Å². The lowest BCUT2D eigenvalue weighted by Gasteiger charge is -2.22. The summed E-state index contributed by atoms with van der Waals surface area (Å²) < 4.78 is 21.9.